The highest BCUT2D eigenvalue weighted by Crippen LogP contribution is 2.05. The van der Waals surface area contributed by atoms with Gasteiger partial charge in [-0.1, -0.05) is 30.3 Å². The van der Waals surface area contributed by atoms with Gasteiger partial charge in [0.25, 0.3) is 0 Å². The van der Waals surface area contributed by atoms with Gasteiger partial charge in [-0.25, -0.2) is 4.98 Å². The lowest BCUT2D eigenvalue weighted by atomic mass is 10.2. The maximum atomic E-state index is 5.37. The van der Waals surface area contributed by atoms with Crippen molar-refractivity contribution in [3.8, 4) is 0 Å². The molecule has 1 aliphatic heterocycles. The molecule has 7 nitrogen and oxygen atoms in total. The second-order valence-electron chi connectivity index (χ2n) is 6.26. The van der Waals surface area contributed by atoms with Crippen LogP contribution in [0.3, 0.4) is 0 Å². The Hall–Kier alpha value is -2.38. The predicted octanol–water partition coefficient (Wildman–Crippen LogP) is 0.929. The first-order valence-electron chi connectivity index (χ1n) is 9.13. The number of aromatic nitrogens is 2. The van der Waals surface area contributed by atoms with E-state index in [0.29, 0.717) is 6.54 Å². The molecule has 0 atom stereocenters. The van der Waals surface area contributed by atoms with Gasteiger partial charge in [0.05, 0.1) is 19.8 Å². The summed E-state index contributed by atoms with van der Waals surface area (Å²) in [4.78, 5) is 11.2. The number of aliphatic imine (C=N–C) groups is 1. The summed E-state index contributed by atoms with van der Waals surface area (Å²) in [7, 11) is 1.79. The van der Waals surface area contributed by atoms with Crippen molar-refractivity contribution >= 4 is 5.96 Å². The fraction of sp³-hybridized carbons (Fsp3) is 0.474. The second kappa shape index (κ2) is 9.94. The number of benzene rings is 1. The van der Waals surface area contributed by atoms with Crippen molar-refractivity contribution in [1.29, 1.82) is 0 Å². The molecule has 0 spiro atoms. The average Bonchev–Trinajstić information content (AvgIpc) is 3.13. The molecule has 140 valence electrons. The first-order valence-corrected chi connectivity index (χ1v) is 9.13. The summed E-state index contributed by atoms with van der Waals surface area (Å²) >= 11 is 0. The van der Waals surface area contributed by atoms with E-state index in [-0.39, 0.29) is 0 Å². The van der Waals surface area contributed by atoms with Crippen LogP contribution in [0.2, 0.25) is 0 Å². The Bertz CT molecular complexity index is 678. The minimum absolute atomic E-state index is 0.636. The predicted molar refractivity (Wildman–Crippen MR) is 103 cm³/mol. The van der Waals surface area contributed by atoms with Gasteiger partial charge in [0.15, 0.2) is 5.96 Å². The summed E-state index contributed by atoms with van der Waals surface area (Å²) in [6.07, 6.45) is 3.85. The highest BCUT2D eigenvalue weighted by atomic mass is 16.5. The quantitative estimate of drug-likeness (QED) is 0.571. The molecule has 1 fully saturated rings. The van der Waals surface area contributed by atoms with E-state index in [1.807, 2.05) is 18.5 Å². The number of ether oxygens (including phenoxy) is 1. The molecule has 0 bridgehead atoms. The number of guanidine groups is 1. The van der Waals surface area contributed by atoms with E-state index in [2.05, 4.69) is 54.3 Å². The topological polar surface area (TPSA) is 66.7 Å². The third-order valence-corrected chi connectivity index (χ3v) is 4.46. The Balaban J connectivity index is 1.44. The molecule has 0 saturated carbocycles. The van der Waals surface area contributed by atoms with Gasteiger partial charge in [0.1, 0.15) is 5.82 Å². The van der Waals surface area contributed by atoms with Crippen LogP contribution in [0, 0.1) is 0 Å². The van der Waals surface area contributed by atoms with E-state index in [4.69, 9.17) is 4.74 Å². The molecule has 0 unspecified atom stereocenters. The maximum absolute atomic E-state index is 5.37. The van der Waals surface area contributed by atoms with Crippen molar-refractivity contribution in [2.24, 2.45) is 4.99 Å². The zero-order chi connectivity index (χ0) is 18.0. The summed E-state index contributed by atoms with van der Waals surface area (Å²) in [5, 5.41) is 6.72. The standard InChI is InChI=1S/C19H28N6O/c1-20-19(22-7-9-24-11-13-26-14-12-24)23-15-18-21-8-10-25(18)16-17-5-3-2-4-6-17/h2-6,8,10H,7,9,11-16H2,1H3,(H2,20,22,23). The van der Waals surface area contributed by atoms with E-state index in [1.54, 1.807) is 7.05 Å². The van der Waals surface area contributed by atoms with Crippen molar-refractivity contribution in [1.82, 2.24) is 25.1 Å². The Morgan fingerprint density at radius 2 is 2.00 bits per heavy atom. The first-order chi connectivity index (χ1) is 12.8. The molecule has 0 radical (unpaired) electrons. The third-order valence-electron chi connectivity index (χ3n) is 4.46. The third kappa shape index (κ3) is 5.57. The van der Waals surface area contributed by atoms with E-state index >= 15 is 0 Å². The van der Waals surface area contributed by atoms with Crippen molar-refractivity contribution < 1.29 is 4.74 Å². The summed E-state index contributed by atoms with van der Waals surface area (Å²) in [5.41, 5.74) is 1.26. The van der Waals surface area contributed by atoms with Crippen molar-refractivity contribution in [3.05, 3.63) is 54.1 Å². The Kier molecular flexibility index (Phi) is 7.04. The van der Waals surface area contributed by atoms with Crippen LogP contribution in [-0.2, 0) is 17.8 Å². The lowest BCUT2D eigenvalue weighted by Gasteiger charge is -2.26. The molecule has 1 aliphatic rings. The molecule has 1 saturated heterocycles. The van der Waals surface area contributed by atoms with Gasteiger partial charge in [0.2, 0.25) is 0 Å². The zero-order valence-electron chi connectivity index (χ0n) is 15.4. The number of imidazole rings is 1. The minimum Gasteiger partial charge on any atom is -0.379 e. The maximum Gasteiger partial charge on any atom is 0.191 e. The number of morpholine rings is 1. The smallest absolute Gasteiger partial charge is 0.191 e. The summed E-state index contributed by atoms with van der Waals surface area (Å²) in [6.45, 7) is 6.98. The van der Waals surface area contributed by atoms with Crippen molar-refractivity contribution in [2.75, 3.05) is 46.4 Å². The SMILES string of the molecule is CN=C(NCCN1CCOCC1)NCc1nccn1Cc1ccccc1. The Morgan fingerprint density at radius 1 is 1.19 bits per heavy atom. The van der Waals surface area contributed by atoms with E-state index in [1.165, 1.54) is 5.56 Å². The molecule has 1 aromatic heterocycles. The van der Waals surface area contributed by atoms with Crippen LogP contribution < -0.4 is 10.6 Å². The highest BCUT2D eigenvalue weighted by Gasteiger charge is 2.10. The van der Waals surface area contributed by atoms with Crippen LogP contribution >= 0.6 is 0 Å². The average molecular weight is 356 g/mol. The van der Waals surface area contributed by atoms with Crippen LogP contribution in [0.5, 0.6) is 0 Å². The zero-order valence-corrected chi connectivity index (χ0v) is 15.4. The van der Waals surface area contributed by atoms with Crippen LogP contribution in [-0.4, -0.2) is 66.9 Å². The summed E-state index contributed by atoms with van der Waals surface area (Å²) in [6, 6.07) is 10.4. The Morgan fingerprint density at radius 3 is 2.77 bits per heavy atom. The van der Waals surface area contributed by atoms with Gasteiger partial charge in [-0.2, -0.15) is 0 Å². The number of hydrogen-bond acceptors (Lipinski definition) is 4. The van der Waals surface area contributed by atoms with Crippen LogP contribution in [0.25, 0.3) is 0 Å². The number of hydrogen-bond donors (Lipinski definition) is 2. The summed E-state index contributed by atoms with van der Waals surface area (Å²) in [5.74, 6) is 1.79. The lowest BCUT2D eigenvalue weighted by Crippen LogP contribution is -2.44. The molecule has 1 aromatic carbocycles. The van der Waals surface area contributed by atoms with Gasteiger partial charge in [-0.05, 0) is 5.56 Å². The van der Waals surface area contributed by atoms with Gasteiger partial charge in [-0.3, -0.25) is 9.89 Å². The molecule has 0 amide bonds. The first kappa shape index (κ1) is 18.4. The molecular formula is C19H28N6O. The molecule has 3 rings (SSSR count). The molecule has 2 heterocycles. The molecule has 7 heteroatoms. The lowest BCUT2D eigenvalue weighted by molar-refractivity contribution is 0.0389. The number of rotatable bonds is 7. The van der Waals surface area contributed by atoms with E-state index in [9.17, 15) is 0 Å². The fourth-order valence-corrected chi connectivity index (χ4v) is 2.97. The van der Waals surface area contributed by atoms with Crippen LogP contribution in [0.4, 0.5) is 0 Å². The van der Waals surface area contributed by atoms with E-state index < -0.39 is 0 Å². The Labute approximate surface area is 155 Å². The van der Waals surface area contributed by atoms with Crippen molar-refractivity contribution in [2.45, 2.75) is 13.1 Å². The monoisotopic (exact) mass is 356 g/mol. The largest absolute Gasteiger partial charge is 0.379 e. The van der Waals surface area contributed by atoms with Gasteiger partial charge >= 0.3 is 0 Å². The molecule has 2 N–H and O–H groups in total. The molecular weight excluding hydrogens is 328 g/mol. The highest BCUT2D eigenvalue weighted by molar-refractivity contribution is 5.79. The minimum atomic E-state index is 0.636. The molecule has 2 aromatic rings. The van der Waals surface area contributed by atoms with Gasteiger partial charge in [0, 0.05) is 52.2 Å². The van der Waals surface area contributed by atoms with Gasteiger partial charge < -0.3 is 19.9 Å². The summed E-state index contributed by atoms with van der Waals surface area (Å²) < 4.78 is 7.53. The fourth-order valence-electron chi connectivity index (χ4n) is 2.97. The van der Waals surface area contributed by atoms with Crippen molar-refractivity contribution in [3.63, 3.8) is 0 Å². The second-order valence-corrected chi connectivity index (χ2v) is 6.26. The number of nitrogens with one attached hydrogen (secondary N) is 2. The van der Waals surface area contributed by atoms with Gasteiger partial charge in [-0.15, -0.1) is 0 Å². The molecule has 0 aliphatic carbocycles. The normalized spacial score (nSPS) is 15.8. The van der Waals surface area contributed by atoms with Crippen LogP contribution in [0.1, 0.15) is 11.4 Å². The number of nitrogens with zero attached hydrogens (tertiary/aromatic N) is 4. The molecule has 26 heavy (non-hydrogen) atoms. The van der Waals surface area contributed by atoms with E-state index in [0.717, 1.165) is 57.7 Å². The van der Waals surface area contributed by atoms with Crippen LogP contribution in [0.15, 0.2) is 47.7 Å².